The van der Waals surface area contributed by atoms with Crippen molar-refractivity contribution in [2.45, 2.75) is 47.0 Å². The van der Waals surface area contributed by atoms with Crippen LogP contribution in [-0.4, -0.2) is 0 Å². The van der Waals surface area contributed by atoms with Crippen LogP contribution >= 0.6 is 0 Å². The highest BCUT2D eigenvalue weighted by Crippen LogP contribution is 2.44. The fourth-order valence-electron chi connectivity index (χ4n) is 2.24. The molecule has 1 aliphatic rings. The fourth-order valence-corrected chi connectivity index (χ4v) is 2.24. The normalized spacial score (nSPS) is 37.3. The van der Waals surface area contributed by atoms with Crippen LogP contribution in [0.2, 0.25) is 0 Å². The minimum absolute atomic E-state index is 0.513. The van der Waals surface area contributed by atoms with E-state index < -0.39 is 0 Å². The zero-order chi connectivity index (χ0) is 8.48. The molecule has 0 aromatic heterocycles. The van der Waals surface area contributed by atoms with Crippen molar-refractivity contribution in [3.05, 3.63) is 11.6 Å². The lowest BCUT2D eigenvalue weighted by Gasteiger charge is -2.25. The number of allylic oxidation sites excluding steroid dienone is 2. The van der Waals surface area contributed by atoms with Crippen molar-refractivity contribution in [1.82, 2.24) is 0 Å². The Balaban J connectivity index is 2.73. The summed E-state index contributed by atoms with van der Waals surface area (Å²) < 4.78 is 0. The average Bonchev–Trinajstić information content (AvgIpc) is 2.11. The molecule has 2 atom stereocenters. The number of rotatable bonds is 1. The van der Waals surface area contributed by atoms with E-state index in [1.54, 1.807) is 0 Å². The van der Waals surface area contributed by atoms with Gasteiger partial charge in [0.1, 0.15) is 0 Å². The predicted molar refractivity (Wildman–Crippen MR) is 50.6 cm³/mol. The lowest BCUT2D eigenvalue weighted by atomic mass is 9.80. The third kappa shape index (κ3) is 1.85. The summed E-state index contributed by atoms with van der Waals surface area (Å²) in [5, 5.41) is 0. The second-order valence-corrected chi connectivity index (χ2v) is 4.52. The maximum absolute atomic E-state index is 2.46. The molecule has 11 heavy (non-hydrogen) atoms. The molecule has 1 aliphatic carbocycles. The molecule has 0 aliphatic heterocycles. The summed E-state index contributed by atoms with van der Waals surface area (Å²) in [5.41, 5.74) is 1.99. The Kier molecular flexibility index (Phi) is 2.41. The van der Waals surface area contributed by atoms with Crippen molar-refractivity contribution in [3.8, 4) is 0 Å². The standard InChI is InChI=1S/C11H20/c1-9(2)8-11(4)7-5-6-10(11)3/h8,10H,5-7H2,1-4H3/t10-,11+/m0/s1. The van der Waals surface area contributed by atoms with Gasteiger partial charge in [0.15, 0.2) is 0 Å². The molecule has 0 amide bonds. The molecular weight excluding hydrogens is 132 g/mol. The molecule has 0 heteroatoms. The molecular formula is C11H20. The van der Waals surface area contributed by atoms with Crippen LogP contribution < -0.4 is 0 Å². The van der Waals surface area contributed by atoms with Gasteiger partial charge in [-0.05, 0) is 38.0 Å². The van der Waals surface area contributed by atoms with E-state index in [0.717, 1.165) is 5.92 Å². The van der Waals surface area contributed by atoms with Crippen LogP contribution in [0.25, 0.3) is 0 Å². The Labute approximate surface area is 70.7 Å². The molecule has 1 fully saturated rings. The molecule has 0 nitrogen and oxygen atoms in total. The molecule has 0 aromatic rings. The van der Waals surface area contributed by atoms with Gasteiger partial charge in [-0.2, -0.15) is 0 Å². The molecule has 0 radical (unpaired) electrons. The summed E-state index contributed by atoms with van der Waals surface area (Å²) in [7, 11) is 0. The van der Waals surface area contributed by atoms with Crippen molar-refractivity contribution >= 4 is 0 Å². The third-order valence-electron chi connectivity index (χ3n) is 3.10. The van der Waals surface area contributed by atoms with Gasteiger partial charge in [-0.25, -0.2) is 0 Å². The SMILES string of the molecule is CC(C)=C[C@@]1(C)CCC[C@@H]1C. The molecule has 0 heterocycles. The first-order chi connectivity index (χ1) is 5.04. The van der Waals surface area contributed by atoms with Crippen molar-refractivity contribution in [1.29, 1.82) is 0 Å². The summed E-state index contributed by atoms with van der Waals surface area (Å²) in [6.07, 6.45) is 6.69. The molecule has 64 valence electrons. The van der Waals surface area contributed by atoms with E-state index in [-0.39, 0.29) is 0 Å². The van der Waals surface area contributed by atoms with Gasteiger partial charge in [-0.15, -0.1) is 0 Å². The van der Waals surface area contributed by atoms with Gasteiger partial charge in [0.05, 0.1) is 0 Å². The van der Waals surface area contributed by atoms with Crippen molar-refractivity contribution in [2.75, 3.05) is 0 Å². The Morgan fingerprint density at radius 1 is 1.45 bits per heavy atom. The van der Waals surface area contributed by atoms with Gasteiger partial charge in [0.2, 0.25) is 0 Å². The zero-order valence-corrected chi connectivity index (χ0v) is 8.28. The van der Waals surface area contributed by atoms with Crippen molar-refractivity contribution < 1.29 is 0 Å². The van der Waals surface area contributed by atoms with Crippen LogP contribution in [0.1, 0.15) is 47.0 Å². The summed E-state index contributed by atoms with van der Waals surface area (Å²) >= 11 is 0. The van der Waals surface area contributed by atoms with Gasteiger partial charge in [-0.3, -0.25) is 0 Å². The molecule has 1 rings (SSSR count). The Morgan fingerprint density at radius 2 is 2.09 bits per heavy atom. The maximum Gasteiger partial charge on any atom is -0.0118 e. The minimum Gasteiger partial charge on any atom is -0.0799 e. The predicted octanol–water partition coefficient (Wildman–Crippen LogP) is 3.78. The van der Waals surface area contributed by atoms with Crippen LogP contribution in [-0.2, 0) is 0 Å². The monoisotopic (exact) mass is 152 g/mol. The van der Waals surface area contributed by atoms with Crippen LogP contribution in [0, 0.1) is 11.3 Å². The summed E-state index contributed by atoms with van der Waals surface area (Å²) in [4.78, 5) is 0. The highest BCUT2D eigenvalue weighted by atomic mass is 14.4. The van der Waals surface area contributed by atoms with E-state index in [2.05, 4.69) is 33.8 Å². The van der Waals surface area contributed by atoms with Crippen LogP contribution in [0.15, 0.2) is 11.6 Å². The summed E-state index contributed by atoms with van der Waals surface area (Å²) in [6, 6.07) is 0. The van der Waals surface area contributed by atoms with Crippen molar-refractivity contribution in [3.63, 3.8) is 0 Å². The van der Waals surface area contributed by atoms with Gasteiger partial charge >= 0.3 is 0 Å². The molecule has 0 N–H and O–H groups in total. The summed E-state index contributed by atoms with van der Waals surface area (Å²) in [5.74, 6) is 0.886. The van der Waals surface area contributed by atoms with Gasteiger partial charge in [0.25, 0.3) is 0 Å². The van der Waals surface area contributed by atoms with E-state index in [0.29, 0.717) is 5.41 Å². The summed E-state index contributed by atoms with van der Waals surface area (Å²) in [6.45, 7) is 9.19. The Morgan fingerprint density at radius 3 is 2.45 bits per heavy atom. The second kappa shape index (κ2) is 3.00. The highest BCUT2D eigenvalue weighted by Gasteiger charge is 2.33. The topological polar surface area (TPSA) is 0 Å². The third-order valence-corrected chi connectivity index (χ3v) is 3.10. The van der Waals surface area contributed by atoms with E-state index in [9.17, 15) is 0 Å². The average molecular weight is 152 g/mol. The van der Waals surface area contributed by atoms with Gasteiger partial charge < -0.3 is 0 Å². The number of hydrogen-bond acceptors (Lipinski definition) is 0. The number of hydrogen-bond donors (Lipinski definition) is 0. The molecule has 0 unspecified atom stereocenters. The molecule has 0 bridgehead atoms. The van der Waals surface area contributed by atoms with E-state index in [1.165, 1.54) is 24.8 Å². The van der Waals surface area contributed by atoms with Crippen LogP contribution in [0.5, 0.6) is 0 Å². The van der Waals surface area contributed by atoms with E-state index in [1.807, 2.05) is 0 Å². The second-order valence-electron chi connectivity index (χ2n) is 4.52. The van der Waals surface area contributed by atoms with Gasteiger partial charge in [-0.1, -0.05) is 31.9 Å². The Bertz CT molecular complexity index is 163. The molecule has 0 aromatic carbocycles. The largest absolute Gasteiger partial charge is 0.0799 e. The maximum atomic E-state index is 2.46. The van der Waals surface area contributed by atoms with Crippen LogP contribution in [0.3, 0.4) is 0 Å². The van der Waals surface area contributed by atoms with E-state index >= 15 is 0 Å². The van der Waals surface area contributed by atoms with Crippen LogP contribution in [0.4, 0.5) is 0 Å². The first-order valence-corrected chi connectivity index (χ1v) is 4.71. The fraction of sp³-hybridized carbons (Fsp3) is 0.818. The van der Waals surface area contributed by atoms with Crippen molar-refractivity contribution in [2.24, 2.45) is 11.3 Å². The minimum atomic E-state index is 0.513. The molecule has 0 saturated heterocycles. The Hall–Kier alpha value is -0.260. The lowest BCUT2D eigenvalue weighted by molar-refractivity contribution is 0.329. The first-order valence-electron chi connectivity index (χ1n) is 4.71. The molecule has 0 spiro atoms. The van der Waals surface area contributed by atoms with Gasteiger partial charge in [0, 0.05) is 0 Å². The van der Waals surface area contributed by atoms with E-state index in [4.69, 9.17) is 0 Å². The quantitative estimate of drug-likeness (QED) is 0.502. The highest BCUT2D eigenvalue weighted by molar-refractivity contribution is 5.07. The zero-order valence-electron chi connectivity index (χ0n) is 8.28. The smallest absolute Gasteiger partial charge is 0.0118 e. The molecule has 1 saturated carbocycles. The first kappa shape index (κ1) is 8.83. The lowest BCUT2D eigenvalue weighted by Crippen LogP contribution is -2.16.